The second-order valence-electron chi connectivity index (χ2n) is 11.3. The van der Waals surface area contributed by atoms with Gasteiger partial charge in [0.15, 0.2) is 0 Å². The molecule has 0 aromatic rings. The highest BCUT2D eigenvalue weighted by Gasteiger charge is 2.41. The van der Waals surface area contributed by atoms with Crippen molar-refractivity contribution in [3.63, 3.8) is 0 Å². The number of nitrogens with two attached hydrogens (primary N) is 1. The number of hydrogen-bond acceptors (Lipinski definition) is 6. The quantitative estimate of drug-likeness (QED) is 0.186. The number of likely N-dealkylation sites (tertiary alicyclic amines) is 1. The molecule has 1 saturated heterocycles. The fraction of sp³-hybridized carbons (Fsp3) is 0.840. The first-order chi connectivity index (χ1) is 16.6. The third-order valence-corrected chi connectivity index (χ3v) is 7.59. The summed E-state index contributed by atoms with van der Waals surface area (Å²) < 4.78 is 5.42. The molecule has 2 saturated carbocycles. The predicted octanol–water partition coefficient (Wildman–Crippen LogP) is 2.73. The minimum absolute atomic E-state index is 0.0596. The molecule has 2 aliphatic carbocycles. The molecule has 0 unspecified atom stereocenters. The van der Waals surface area contributed by atoms with E-state index in [4.69, 9.17) is 15.7 Å². The highest BCUT2D eigenvalue weighted by atomic mass is 16.6. The second kappa shape index (κ2) is 11.9. The summed E-state index contributed by atoms with van der Waals surface area (Å²) in [5.41, 5.74) is 5.08. The van der Waals surface area contributed by atoms with E-state index < -0.39 is 23.8 Å². The Bertz CT molecular complexity index is 782. The fourth-order valence-electron chi connectivity index (χ4n) is 5.69. The van der Waals surface area contributed by atoms with E-state index in [1.54, 1.807) is 25.7 Å². The van der Waals surface area contributed by atoms with Crippen LogP contribution in [0.5, 0.6) is 0 Å². The number of hydrogen-bond donors (Lipinski definition) is 4. The van der Waals surface area contributed by atoms with E-state index in [-0.39, 0.29) is 29.5 Å². The number of amides is 3. The zero-order valence-corrected chi connectivity index (χ0v) is 21.4. The lowest BCUT2D eigenvalue weighted by Crippen LogP contribution is -2.56. The third kappa shape index (κ3) is 7.48. The van der Waals surface area contributed by atoms with Crippen LogP contribution in [0.4, 0.5) is 4.79 Å². The van der Waals surface area contributed by atoms with Gasteiger partial charge in [-0.05, 0) is 84.0 Å². The Kier molecular flexibility index (Phi) is 9.24. The molecule has 0 radical (unpaired) electrons. The molecule has 1 aliphatic heterocycles. The van der Waals surface area contributed by atoms with Crippen molar-refractivity contribution in [1.82, 2.24) is 15.5 Å². The van der Waals surface area contributed by atoms with Crippen molar-refractivity contribution < 1.29 is 24.3 Å². The smallest absolute Gasteiger partial charge is 0.408 e. The molecule has 0 spiro atoms. The molecule has 0 aromatic carbocycles. The van der Waals surface area contributed by atoms with Crippen molar-refractivity contribution in [2.75, 3.05) is 13.1 Å². The van der Waals surface area contributed by atoms with E-state index >= 15 is 0 Å². The second-order valence-corrected chi connectivity index (χ2v) is 11.3. The van der Waals surface area contributed by atoms with Crippen molar-refractivity contribution in [3.05, 3.63) is 0 Å². The minimum Gasteiger partial charge on any atom is -0.444 e. The Balaban J connectivity index is 1.57. The number of nitrogens with one attached hydrogen (secondary N) is 2. The zero-order chi connectivity index (χ0) is 25.6. The summed E-state index contributed by atoms with van der Waals surface area (Å²) in [5, 5.41) is 17.9. The van der Waals surface area contributed by atoms with Crippen LogP contribution in [0.15, 0.2) is 5.16 Å². The van der Waals surface area contributed by atoms with Gasteiger partial charge in [-0.15, -0.1) is 0 Å². The Morgan fingerprint density at radius 3 is 2.31 bits per heavy atom. The number of nitrogens with zero attached hydrogens (tertiary/aromatic N) is 2. The molecule has 10 heteroatoms. The summed E-state index contributed by atoms with van der Waals surface area (Å²) in [4.78, 5) is 40.9. The summed E-state index contributed by atoms with van der Waals surface area (Å²) >= 11 is 0. The maximum Gasteiger partial charge on any atom is 0.408 e. The summed E-state index contributed by atoms with van der Waals surface area (Å²) in [6, 6.07) is -1.19. The standard InChI is InChI=1S/C25H43N5O5/c1-25(2,3)35-24(33)28-20(17-7-4-5-8-17)23(32)30-14-6-9-19(30)22(31)27-15-16-10-12-18(13-11-16)21(26)29-34/h16-20,34H,4-15H2,1-3H3,(H2,26,29)(H,27,31)(H,28,33)/t16?,18?,19-,20+/m0/s1. The first-order valence-corrected chi connectivity index (χ1v) is 13.1. The van der Waals surface area contributed by atoms with Gasteiger partial charge >= 0.3 is 6.09 Å². The third-order valence-electron chi connectivity index (χ3n) is 7.59. The van der Waals surface area contributed by atoms with Crippen LogP contribution in [0.3, 0.4) is 0 Å². The van der Waals surface area contributed by atoms with Crippen molar-refractivity contribution in [3.8, 4) is 0 Å². The van der Waals surface area contributed by atoms with E-state index in [1.165, 1.54) is 0 Å². The molecular formula is C25H43N5O5. The number of rotatable bonds is 7. The topological polar surface area (TPSA) is 146 Å². The van der Waals surface area contributed by atoms with Gasteiger partial charge in [0.25, 0.3) is 0 Å². The molecular weight excluding hydrogens is 450 g/mol. The van der Waals surface area contributed by atoms with Gasteiger partial charge in [-0.2, -0.15) is 0 Å². The molecule has 10 nitrogen and oxygen atoms in total. The number of amidine groups is 1. The molecule has 3 aliphatic rings. The lowest BCUT2D eigenvalue weighted by Gasteiger charge is -2.32. The van der Waals surface area contributed by atoms with Crippen molar-refractivity contribution >= 4 is 23.7 Å². The number of oxime groups is 1. The molecule has 5 N–H and O–H groups in total. The summed E-state index contributed by atoms with van der Waals surface area (Å²) in [7, 11) is 0. The SMILES string of the molecule is CC(C)(C)OC(=O)N[C@@H](C(=O)N1CCC[C@H]1C(=O)NCC1CCC(C(N)=NO)CC1)C1CCCC1. The van der Waals surface area contributed by atoms with Crippen molar-refractivity contribution in [2.24, 2.45) is 28.6 Å². The molecule has 2 atom stereocenters. The average molecular weight is 494 g/mol. The van der Waals surface area contributed by atoms with Crippen molar-refractivity contribution in [2.45, 2.75) is 103 Å². The van der Waals surface area contributed by atoms with E-state index in [9.17, 15) is 14.4 Å². The van der Waals surface area contributed by atoms with Gasteiger partial charge in [0.05, 0.1) is 0 Å². The van der Waals surface area contributed by atoms with Crippen LogP contribution in [-0.2, 0) is 14.3 Å². The molecule has 0 bridgehead atoms. The van der Waals surface area contributed by atoms with Crippen LogP contribution >= 0.6 is 0 Å². The highest BCUT2D eigenvalue weighted by molar-refractivity contribution is 5.92. The molecule has 3 rings (SSSR count). The van der Waals surface area contributed by atoms with Crippen LogP contribution in [-0.4, -0.2) is 64.6 Å². The van der Waals surface area contributed by atoms with Gasteiger partial charge in [0.2, 0.25) is 11.8 Å². The number of ether oxygens (including phenoxy) is 1. The van der Waals surface area contributed by atoms with Gasteiger partial charge in [0.1, 0.15) is 23.5 Å². The normalized spacial score (nSPS) is 26.9. The first kappa shape index (κ1) is 27.1. The fourth-order valence-corrected chi connectivity index (χ4v) is 5.69. The number of carbonyl (C=O) groups is 3. The van der Waals surface area contributed by atoms with Gasteiger partial charge in [0, 0.05) is 19.0 Å². The lowest BCUT2D eigenvalue weighted by atomic mass is 9.81. The Morgan fingerprint density at radius 2 is 1.71 bits per heavy atom. The summed E-state index contributed by atoms with van der Waals surface area (Å²) in [6.45, 7) is 6.45. The molecule has 1 heterocycles. The maximum atomic E-state index is 13.6. The van der Waals surface area contributed by atoms with Crippen LogP contribution < -0.4 is 16.4 Å². The van der Waals surface area contributed by atoms with Gasteiger partial charge in [-0.25, -0.2) is 4.79 Å². The highest BCUT2D eigenvalue weighted by Crippen LogP contribution is 2.31. The summed E-state index contributed by atoms with van der Waals surface area (Å²) in [5.74, 6) is 0.470. The van der Waals surface area contributed by atoms with E-state index in [1.807, 2.05) is 0 Å². The van der Waals surface area contributed by atoms with E-state index in [2.05, 4.69) is 15.8 Å². The Hall–Kier alpha value is -2.52. The van der Waals surface area contributed by atoms with Crippen molar-refractivity contribution in [1.29, 1.82) is 0 Å². The molecule has 35 heavy (non-hydrogen) atoms. The van der Waals surface area contributed by atoms with Crippen LogP contribution in [0.2, 0.25) is 0 Å². The zero-order valence-electron chi connectivity index (χ0n) is 21.4. The molecule has 0 aromatic heterocycles. The van der Waals surface area contributed by atoms with Gasteiger partial charge in [-0.1, -0.05) is 18.0 Å². The maximum absolute atomic E-state index is 13.6. The van der Waals surface area contributed by atoms with Crippen LogP contribution in [0.25, 0.3) is 0 Å². The molecule has 198 valence electrons. The van der Waals surface area contributed by atoms with E-state index in [0.29, 0.717) is 25.4 Å². The van der Waals surface area contributed by atoms with Gasteiger partial charge in [-0.3, -0.25) is 9.59 Å². The lowest BCUT2D eigenvalue weighted by molar-refractivity contribution is -0.141. The Labute approximate surface area is 208 Å². The molecule has 3 amide bonds. The molecule has 3 fully saturated rings. The van der Waals surface area contributed by atoms with Crippen LogP contribution in [0.1, 0.15) is 85.0 Å². The largest absolute Gasteiger partial charge is 0.444 e. The average Bonchev–Trinajstić information content (AvgIpc) is 3.52. The monoisotopic (exact) mass is 493 g/mol. The van der Waals surface area contributed by atoms with E-state index in [0.717, 1.165) is 57.8 Å². The van der Waals surface area contributed by atoms with Crippen LogP contribution in [0, 0.1) is 17.8 Å². The predicted molar refractivity (Wildman–Crippen MR) is 132 cm³/mol. The van der Waals surface area contributed by atoms with Gasteiger partial charge < -0.3 is 31.2 Å². The first-order valence-electron chi connectivity index (χ1n) is 13.1. The minimum atomic E-state index is -0.672. The number of carbonyl (C=O) groups excluding carboxylic acids is 3. The summed E-state index contributed by atoms with van der Waals surface area (Å²) in [6.07, 6.45) is 8.10. The Morgan fingerprint density at radius 1 is 1.06 bits per heavy atom. The number of alkyl carbamates (subject to hydrolysis) is 1.